The third-order valence-electron chi connectivity index (χ3n) is 5.62. The summed E-state index contributed by atoms with van der Waals surface area (Å²) in [6.07, 6.45) is -8.21. The van der Waals surface area contributed by atoms with E-state index in [-0.39, 0.29) is 33.8 Å². The molecule has 0 spiro atoms. The van der Waals surface area contributed by atoms with Crippen molar-refractivity contribution >= 4 is 16.9 Å². The molecule has 2 unspecified atom stereocenters. The van der Waals surface area contributed by atoms with E-state index in [4.69, 9.17) is 23.4 Å². The predicted octanol–water partition coefficient (Wildman–Crippen LogP) is 0.629. The molecule has 2 aromatic carbocycles. The van der Waals surface area contributed by atoms with E-state index in [2.05, 4.69) is 0 Å². The van der Waals surface area contributed by atoms with Gasteiger partial charge in [-0.25, -0.2) is 0 Å². The van der Waals surface area contributed by atoms with Gasteiger partial charge in [0.2, 0.25) is 17.5 Å². The molecule has 0 amide bonds. The fourth-order valence-electron chi connectivity index (χ4n) is 3.75. The third kappa shape index (κ3) is 4.79. The summed E-state index contributed by atoms with van der Waals surface area (Å²) < 4.78 is 27.1. The summed E-state index contributed by atoms with van der Waals surface area (Å²) in [5.74, 6) is -1.61. The number of aromatic hydroxyl groups is 2. The smallest absolute Gasteiger partial charge is 0.302 e. The molecule has 0 radical (unpaired) electrons. The lowest BCUT2D eigenvalue weighted by Crippen LogP contribution is -2.60. The first-order chi connectivity index (χ1) is 17.1. The Bertz CT molecular complexity index is 1320. The molecule has 5 atom stereocenters. The van der Waals surface area contributed by atoms with Crippen molar-refractivity contribution in [3.05, 3.63) is 46.6 Å². The van der Waals surface area contributed by atoms with Crippen LogP contribution >= 0.6 is 0 Å². The third-order valence-corrected chi connectivity index (χ3v) is 5.62. The van der Waals surface area contributed by atoms with Crippen LogP contribution in [-0.2, 0) is 14.3 Å². The molecule has 36 heavy (non-hydrogen) atoms. The van der Waals surface area contributed by atoms with Crippen LogP contribution in [0.5, 0.6) is 23.0 Å². The Labute approximate surface area is 203 Å². The highest BCUT2D eigenvalue weighted by atomic mass is 16.7. The van der Waals surface area contributed by atoms with Crippen LogP contribution in [0.1, 0.15) is 6.92 Å². The highest BCUT2D eigenvalue weighted by Crippen LogP contribution is 2.37. The maximum absolute atomic E-state index is 13.5. The number of carbonyl (C=O) groups is 1. The largest absolute Gasteiger partial charge is 0.508 e. The minimum absolute atomic E-state index is 0.0411. The van der Waals surface area contributed by atoms with Crippen LogP contribution in [0.3, 0.4) is 0 Å². The maximum Gasteiger partial charge on any atom is 0.302 e. The van der Waals surface area contributed by atoms with Crippen LogP contribution in [0.15, 0.2) is 45.6 Å². The van der Waals surface area contributed by atoms with Crippen molar-refractivity contribution in [2.24, 2.45) is 0 Å². The van der Waals surface area contributed by atoms with Gasteiger partial charge in [0, 0.05) is 24.6 Å². The molecule has 1 fully saturated rings. The molecular formula is C24H24O12. The van der Waals surface area contributed by atoms with Gasteiger partial charge in [-0.3, -0.25) is 9.59 Å². The van der Waals surface area contributed by atoms with Crippen LogP contribution < -0.4 is 14.9 Å². The van der Waals surface area contributed by atoms with Crippen molar-refractivity contribution in [3.8, 4) is 34.3 Å². The molecule has 3 aromatic rings. The molecule has 1 saturated heterocycles. The zero-order chi connectivity index (χ0) is 26.1. The van der Waals surface area contributed by atoms with Crippen LogP contribution in [0.2, 0.25) is 0 Å². The average Bonchev–Trinajstić information content (AvgIpc) is 2.84. The quantitative estimate of drug-likeness (QED) is 0.295. The van der Waals surface area contributed by atoms with Gasteiger partial charge < -0.3 is 48.9 Å². The van der Waals surface area contributed by atoms with Crippen molar-refractivity contribution in [2.45, 2.75) is 37.6 Å². The molecule has 4 rings (SSSR count). The van der Waals surface area contributed by atoms with Gasteiger partial charge in [0.05, 0.1) is 7.11 Å². The van der Waals surface area contributed by atoms with E-state index >= 15 is 0 Å². The van der Waals surface area contributed by atoms with Gasteiger partial charge >= 0.3 is 5.97 Å². The van der Waals surface area contributed by atoms with E-state index in [0.717, 1.165) is 6.92 Å². The topological polar surface area (TPSA) is 185 Å². The minimum atomic E-state index is -1.82. The predicted molar refractivity (Wildman–Crippen MR) is 122 cm³/mol. The number of hydrogen-bond acceptors (Lipinski definition) is 12. The molecule has 12 heteroatoms. The zero-order valence-electron chi connectivity index (χ0n) is 19.2. The van der Waals surface area contributed by atoms with Gasteiger partial charge in [0.1, 0.15) is 59.2 Å². The number of phenolic OH excluding ortho intramolecular Hbond substituents is 2. The molecule has 0 aliphatic carbocycles. The normalized spacial score (nSPS) is 23.9. The summed E-state index contributed by atoms with van der Waals surface area (Å²) in [4.78, 5) is 24.7. The fourth-order valence-corrected chi connectivity index (χ4v) is 3.75. The van der Waals surface area contributed by atoms with Gasteiger partial charge in [-0.1, -0.05) is 0 Å². The summed E-state index contributed by atoms with van der Waals surface area (Å²) in [6.45, 7) is 0.679. The van der Waals surface area contributed by atoms with E-state index in [1.54, 1.807) is 0 Å². The van der Waals surface area contributed by atoms with Crippen molar-refractivity contribution in [1.82, 2.24) is 0 Å². The Morgan fingerprint density at radius 1 is 1.03 bits per heavy atom. The lowest BCUT2D eigenvalue weighted by Gasteiger charge is -2.39. The van der Waals surface area contributed by atoms with Crippen LogP contribution in [-0.4, -0.2) is 75.9 Å². The van der Waals surface area contributed by atoms with Gasteiger partial charge in [0.15, 0.2) is 5.76 Å². The average molecular weight is 504 g/mol. The monoisotopic (exact) mass is 504 g/mol. The fraction of sp³-hybridized carbons (Fsp3) is 0.333. The van der Waals surface area contributed by atoms with Crippen molar-refractivity contribution in [3.63, 3.8) is 0 Å². The number of aliphatic hydroxyl groups excluding tert-OH is 3. The van der Waals surface area contributed by atoms with Crippen molar-refractivity contribution in [2.75, 3.05) is 13.7 Å². The number of phenols is 2. The molecule has 192 valence electrons. The molecule has 5 N–H and O–H groups in total. The standard InChI is InChI=1S/C24H24O12/c1-10(25)33-9-16-18(28)20(30)21(31)24(35-16)36-23-19(29)17-14(27)7-13(32-2)8-15(17)34-22(23)11-3-5-12(26)6-4-11/h3-8,16,18,20-21,24,26-28,30-31H,9H2,1-2H3/t16-,18?,20+,21?,24+/m1/s1. The molecule has 12 nitrogen and oxygen atoms in total. The molecule has 1 aliphatic rings. The Morgan fingerprint density at radius 2 is 1.72 bits per heavy atom. The van der Waals surface area contributed by atoms with Gasteiger partial charge in [-0.05, 0) is 24.3 Å². The summed E-state index contributed by atoms with van der Waals surface area (Å²) in [7, 11) is 1.37. The van der Waals surface area contributed by atoms with Crippen molar-refractivity contribution in [1.29, 1.82) is 0 Å². The zero-order valence-corrected chi connectivity index (χ0v) is 19.2. The van der Waals surface area contributed by atoms with Crippen LogP contribution in [0.4, 0.5) is 0 Å². The Morgan fingerprint density at radius 3 is 2.36 bits per heavy atom. The number of hydrogen-bond donors (Lipinski definition) is 5. The van der Waals surface area contributed by atoms with Gasteiger partial charge in [-0.15, -0.1) is 0 Å². The highest BCUT2D eigenvalue weighted by Gasteiger charge is 2.46. The van der Waals surface area contributed by atoms with E-state index in [9.17, 15) is 35.1 Å². The Kier molecular flexibility index (Phi) is 7.04. The number of rotatable bonds is 6. The molecule has 1 aromatic heterocycles. The second-order valence-electron chi connectivity index (χ2n) is 8.09. The van der Waals surface area contributed by atoms with Crippen LogP contribution in [0.25, 0.3) is 22.3 Å². The van der Waals surface area contributed by atoms with Gasteiger partial charge in [0.25, 0.3) is 0 Å². The molecule has 2 heterocycles. The van der Waals surface area contributed by atoms with Crippen molar-refractivity contribution < 1.29 is 53.7 Å². The van der Waals surface area contributed by atoms with Gasteiger partial charge in [-0.2, -0.15) is 0 Å². The first kappa shape index (κ1) is 25.3. The second-order valence-corrected chi connectivity index (χ2v) is 8.09. The van der Waals surface area contributed by atoms with E-state index < -0.39 is 60.2 Å². The summed E-state index contributed by atoms with van der Waals surface area (Å²) in [5, 5.41) is 50.9. The number of esters is 1. The number of benzene rings is 2. The summed E-state index contributed by atoms with van der Waals surface area (Å²) in [6, 6.07) is 8.14. The van der Waals surface area contributed by atoms with E-state index in [1.165, 1.54) is 43.5 Å². The summed E-state index contributed by atoms with van der Waals surface area (Å²) in [5.41, 5.74) is -0.598. The Hall–Kier alpha value is -3.84. The first-order valence-corrected chi connectivity index (χ1v) is 10.8. The van der Waals surface area contributed by atoms with E-state index in [0.29, 0.717) is 0 Å². The lowest BCUT2D eigenvalue weighted by atomic mass is 9.99. The molecule has 0 bridgehead atoms. The Balaban J connectivity index is 1.82. The maximum atomic E-state index is 13.5. The highest BCUT2D eigenvalue weighted by molar-refractivity contribution is 5.88. The number of methoxy groups -OCH3 is 1. The first-order valence-electron chi connectivity index (χ1n) is 10.8. The van der Waals surface area contributed by atoms with Crippen LogP contribution in [0, 0.1) is 0 Å². The number of fused-ring (bicyclic) bond motifs is 1. The number of carbonyl (C=O) groups excluding carboxylic acids is 1. The summed E-state index contributed by atoms with van der Waals surface area (Å²) >= 11 is 0. The molecule has 1 aliphatic heterocycles. The molecular weight excluding hydrogens is 480 g/mol. The lowest BCUT2D eigenvalue weighted by molar-refractivity contribution is -0.278. The minimum Gasteiger partial charge on any atom is -0.508 e. The van der Waals surface area contributed by atoms with E-state index in [1.807, 2.05) is 0 Å². The number of ether oxygens (including phenoxy) is 4. The molecule has 0 saturated carbocycles. The SMILES string of the molecule is COc1cc(O)c2c(=O)c(O[C@@H]3O[C@H](COC(C)=O)C(O)[C@H](O)C3O)c(-c3ccc(O)cc3)oc2c1. The second kappa shape index (κ2) is 10.0. The number of aliphatic hydroxyl groups is 3.